The third-order valence-electron chi connectivity index (χ3n) is 12.2. The van der Waals surface area contributed by atoms with Crippen LogP contribution in [0.15, 0.2) is 63.8 Å². The van der Waals surface area contributed by atoms with Gasteiger partial charge in [0.1, 0.15) is 16.6 Å². The molecule has 0 saturated heterocycles. The van der Waals surface area contributed by atoms with Crippen LogP contribution in [0.4, 0.5) is 0 Å². The second-order valence-electron chi connectivity index (χ2n) is 24.1. The minimum atomic E-state index is -0.167. The van der Waals surface area contributed by atoms with Crippen molar-refractivity contribution in [3.63, 3.8) is 0 Å². The number of nitrogens with two attached hydrogens (primary N) is 1. The van der Waals surface area contributed by atoms with Crippen LogP contribution in [0.1, 0.15) is 259 Å². The highest BCUT2D eigenvalue weighted by molar-refractivity contribution is 9.09. The summed E-state index contributed by atoms with van der Waals surface area (Å²) in [7, 11) is 3.70. The molecule has 2 rings (SSSR count). The Balaban J connectivity index is -0.000000210. The molecular formula is C67H125BrN6O7S3. The molecule has 1 aromatic heterocycles. The third-order valence-corrected chi connectivity index (χ3v) is 15.3. The molecule has 13 nitrogen and oxygen atoms in total. The fraction of sp³-hybridized carbons (Fsp3) is 0.776. The maximum atomic E-state index is 11.1. The number of hydrazine groups is 1. The number of imide groups is 1. The molecule has 1 aromatic rings. The summed E-state index contributed by atoms with van der Waals surface area (Å²) in [6, 6.07) is 6.05. The number of nitroso groups, excluding NO2 is 1. The first-order valence-electron chi connectivity index (χ1n) is 31.7. The normalized spacial score (nSPS) is 11.2. The number of rotatable bonds is 38. The Morgan fingerprint density at radius 1 is 0.643 bits per heavy atom. The number of aromatic nitrogens is 1. The SMILES string of the molecule is C=CC(=O)C(C)C.CC(C)CCCCC(=O)NN.CC(C)CCCCCC(=O)CBr.CC(C)CCCCN1C(=O)C=CC1=O.CC(C)CCCCN=O.CC(C)CCCCN=S.CC(C)CCCCSSc1ccccn1.CCC(=O)C(C)C. The van der Waals surface area contributed by atoms with Gasteiger partial charge in [-0.05, 0) is 103 Å². The van der Waals surface area contributed by atoms with E-state index in [9.17, 15) is 33.7 Å². The van der Waals surface area contributed by atoms with Gasteiger partial charge < -0.3 is 0 Å². The number of unbranched alkanes of at least 4 members (excludes halogenated alkanes) is 7. The third kappa shape index (κ3) is 81.1. The maximum absolute atomic E-state index is 11.1. The largest absolute Gasteiger partial charge is 0.299 e. The summed E-state index contributed by atoms with van der Waals surface area (Å²) < 4.78 is 3.62. The van der Waals surface area contributed by atoms with Gasteiger partial charge in [0.05, 0.1) is 18.4 Å². The fourth-order valence-corrected chi connectivity index (χ4v) is 9.25. The molecule has 0 atom stereocenters. The minimum absolute atomic E-state index is 0.0613. The Kier molecular flexibility index (Phi) is 75.8. The lowest BCUT2D eigenvalue weighted by Crippen LogP contribution is -2.30. The number of Topliss-reactive ketones (excluding diaryl/α,β-unsaturated/α-hetero) is 2. The van der Waals surface area contributed by atoms with Crippen LogP contribution in [0.5, 0.6) is 0 Å². The highest BCUT2D eigenvalue weighted by atomic mass is 79.9. The number of nitrogens with zero attached hydrogens (tertiary/aromatic N) is 4. The van der Waals surface area contributed by atoms with Crippen LogP contribution in [0.2, 0.25) is 0 Å². The molecular weight excluding hydrogens is 1180 g/mol. The average molecular weight is 1300 g/mol. The Morgan fingerprint density at radius 3 is 1.44 bits per heavy atom. The van der Waals surface area contributed by atoms with Crippen molar-refractivity contribution in [2.24, 2.45) is 62.7 Å². The molecule has 0 unspecified atom stereocenters. The van der Waals surface area contributed by atoms with E-state index in [0.29, 0.717) is 48.7 Å². The lowest BCUT2D eigenvalue weighted by atomic mass is 10.0. The van der Waals surface area contributed by atoms with Gasteiger partial charge in [-0.15, -0.1) is 0 Å². The van der Waals surface area contributed by atoms with E-state index in [-0.39, 0.29) is 35.3 Å². The summed E-state index contributed by atoms with van der Waals surface area (Å²) in [6.45, 7) is 41.3. The number of hydrogen-bond donors (Lipinski definition) is 2. The van der Waals surface area contributed by atoms with Crippen molar-refractivity contribution in [1.82, 2.24) is 15.3 Å². The van der Waals surface area contributed by atoms with E-state index >= 15 is 0 Å². The summed E-state index contributed by atoms with van der Waals surface area (Å²) in [5.41, 5.74) is 2.11. The molecule has 0 saturated carbocycles. The van der Waals surface area contributed by atoms with Gasteiger partial charge >= 0.3 is 0 Å². The molecule has 0 bridgehead atoms. The van der Waals surface area contributed by atoms with Gasteiger partial charge in [0.25, 0.3) is 11.8 Å². The molecule has 17 heteroatoms. The van der Waals surface area contributed by atoms with Gasteiger partial charge in [-0.2, -0.15) is 4.91 Å². The molecule has 0 aliphatic carbocycles. The van der Waals surface area contributed by atoms with Crippen molar-refractivity contribution < 1.29 is 28.8 Å². The zero-order chi connectivity index (χ0) is 65.5. The number of nitrogens with one attached hydrogen (secondary N) is 1. The van der Waals surface area contributed by atoms with Crippen LogP contribution < -0.4 is 11.3 Å². The zero-order valence-electron chi connectivity index (χ0n) is 56.3. The summed E-state index contributed by atoms with van der Waals surface area (Å²) >= 11 is 7.61. The van der Waals surface area contributed by atoms with Crippen molar-refractivity contribution in [1.29, 1.82) is 0 Å². The highest BCUT2D eigenvalue weighted by Gasteiger charge is 2.22. The summed E-state index contributed by atoms with van der Waals surface area (Å²) in [4.78, 5) is 79.8. The van der Waals surface area contributed by atoms with Crippen molar-refractivity contribution in [3.8, 4) is 0 Å². The molecule has 0 radical (unpaired) electrons. The number of carbonyl (C=O) groups is 6. The molecule has 1 aliphatic heterocycles. The van der Waals surface area contributed by atoms with Gasteiger partial charge in [-0.3, -0.25) is 39.1 Å². The molecule has 1 aliphatic rings. The second kappa shape index (κ2) is 69.1. The number of allylic oxidation sites excluding steroid dienone is 1. The zero-order valence-corrected chi connectivity index (χ0v) is 60.3. The Hall–Kier alpha value is -2.99. The monoisotopic (exact) mass is 1300 g/mol. The van der Waals surface area contributed by atoms with E-state index in [1.165, 1.54) is 99.5 Å². The molecule has 490 valence electrons. The van der Waals surface area contributed by atoms with Crippen LogP contribution in [-0.2, 0) is 41.2 Å². The summed E-state index contributed by atoms with van der Waals surface area (Å²) in [5.74, 6) is 11.5. The first-order chi connectivity index (χ1) is 39.6. The second-order valence-corrected chi connectivity index (χ2v) is 27.4. The first kappa shape index (κ1) is 92.2. The topological polar surface area (TPSA) is 198 Å². The van der Waals surface area contributed by atoms with Gasteiger partial charge in [-0.25, -0.2) is 15.2 Å². The number of ketones is 3. The van der Waals surface area contributed by atoms with Crippen LogP contribution in [-0.4, -0.2) is 75.7 Å². The van der Waals surface area contributed by atoms with E-state index in [4.69, 9.17) is 5.84 Å². The molecule has 2 heterocycles. The Bertz CT molecular complexity index is 1730. The number of carbonyl (C=O) groups excluding carboxylic acids is 6. The lowest BCUT2D eigenvalue weighted by molar-refractivity contribution is -0.137. The van der Waals surface area contributed by atoms with Crippen molar-refractivity contribution >= 4 is 85.0 Å². The molecule has 0 aromatic carbocycles. The maximum Gasteiger partial charge on any atom is 0.253 e. The first-order valence-corrected chi connectivity index (χ1v) is 35.5. The molecule has 0 fully saturated rings. The van der Waals surface area contributed by atoms with Crippen molar-refractivity contribution in [3.05, 3.63) is 54.1 Å². The van der Waals surface area contributed by atoms with Crippen molar-refractivity contribution in [2.75, 3.05) is 30.7 Å². The predicted molar refractivity (Wildman–Crippen MR) is 371 cm³/mol. The number of alkyl halides is 1. The van der Waals surface area contributed by atoms with Gasteiger partial charge in [0, 0.05) is 74.2 Å². The van der Waals surface area contributed by atoms with Crippen LogP contribution >= 0.6 is 37.5 Å². The minimum Gasteiger partial charge on any atom is -0.299 e. The average Bonchev–Trinajstić information content (AvgIpc) is 3.78. The summed E-state index contributed by atoms with van der Waals surface area (Å²) in [5, 5.41) is 4.42. The number of pyridine rings is 1. The lowest BCUT2D eigenvalue weighted by Gasteiger charge is -2.13. The highest BCUT2D eigenvalue weighted by Crippen LogP contribution is 2.30. The van der Waals surface area contributed by atoms with E-state index in [1.54, 1.807) is 10.8 Å². The van der Waals surface area contributed by atoms with Crippen LogP contribution in [0.3, 0.4) is 0 Å². The number of hydrogen-bond acceptors (Lipinski definition) is 14. The Labute approximate surface area is 537 Å². The quantitative estimate of drug-likeness (QED) is 0.00732. The van der Waals surface area contributed by atoms with Crippen molar-refractivity contribution in [2.45, 2.75) is 264 Å². The standard InChI is InChI=1S/C12H19NS2.C11H17NO2.C10H19BrO.C8H18N2O.C7H15NO.C7H15NS.C6H12O.C6H10O/c1-11(2)7-4-6-10-14-15-12-8-3-5-9-13-12;1-9(2)5-3-4-8-12-10(13)6-7-11(12)14;1-9(2)6-4-3-5-7-10(12)8-11;1-7(2)5-3-4-6-8(11)10-9;2*1-7(2)5-3-4-6-8-9;2*1-4-6(7)5(2)3/h3,5,8-9,11H,4,6-7,10H2,1-2H3;6-7,9H,3-5,8H2,1-2H3;9H,3-8H2,1-2H3;7H,3-6,9H2,1-2H3,(H,10,11);2*7H,3-6H2,1-2H3;5H,4H2,1-3H3;4-5H,1H2,2-3H3. The summed E-state index contributed by atoms with van der Waals surface area (Å²) in [6.07, 6.45) is 30.2. The van der Waals surface area contributed by atoms with E-state index in [0.717, 1.165) is 98.9 Å². The van der Waals surface area contributed by atoms with Crippen LogP contribution in [0.25, 0.3) is 0 Å². The van der Waals surface area contributed by atoms with Crippen LogP contribution in [0, 0.1) is 52.3 Å². The molecule has 3 amide bonds. The molecule has 84 heavy (non-hydrogen) atoms. The van der Waals surface area contributed by atoms with Gasteiger partial charge in [0.2, 0.25) is 5.91 Å². The van der Waals surface area contributed by atoms with Gasteiger partial charge in [-0.1, -0.05) is 246 Å². The molecule has 0 spiro atoms. The molecule has 3 N–H and O–H groups in total. The smallest absolute Gasteiger partial charge is 0.253 e. The van der Waals surface area contributed by atoms with E-state index in [1.807, 2.05) is 63.7 Å². The fourth-order valence-electron chi connectivity index (χ4n) is 6.82. The predicted octanol–water partition coefficient (Wildman–Crippen LogP) is 19.3. The van der Waals surface area contributed by atoms with E-state index < -0.39 is 0 Å². The number of amides is 3. The number of halogens is 1. The van der Waals surface area contributed by atoms with E-state index in [2.05, 4.69) is 144 Å². The van der Waals surface area contributed by atoms with Gasteiger partial charge in [0.15, 0.2) is 5.78 Å². The Morgan fingerprint density at radius 2 is 1.08 bits per heavy atom.